The summed E-state index contributed by atoms with van der Waals surface area (Å²) in [5.74, 6) is 1.11. The molecule has 2 unspecified atom stereocenters. The van der Waals surface area contributed by atoms with Gasteiger partial charge in [-0.25, -0.2) is 0 Å². The molecule has 0 bridgehead atoms. The van der Waals surface area contributed by atoms with E-state index in [0.717, 1.165) is 17.3 Å². The van der Waals surface area contributed by atoms with E-state index in [2.05, 4.69) is 49.5 Å². The Morgan fingerprint density at radius 2 is 2.17 bits per heavy atom. The van der Waals surface area contributed by atoms with Crippen molar-refractivity contribution in [2.45, 2.75) is 45.2 Å². The van der Waals surface area contributed by atoms with Gasteiger partial charge < -0.3 is 5.32 Å². The molecule has 18 heavy (non-hydrogen) atoms. The quantitative estimate of drug-likeness (QED) is 0.878. The second-order valence-electron chi connectivity index (χ2n) is 4.92. The summed E-state index contributed by atoms with van der Waals surface area (Å²) in [7, 11) is 0. The molecule has 1 aromatic carbocycles. The van der Waals surface area contributed by atoms with Crippen molar-refractivity contribution >= 4 is 16.9 Å². The van der Waals surface area contributed by atoms with E-state index in [1.807, 2.05) is 11.8 Å². The fourth-order valence-corrected chi connectivity index (χ4v) is 3.25. The van der Waals surface area contributed by atoms with Crippen LogP contribution in [0.1, 0.15) is 32.3 Å². The van der Waals surface area contributed by atoms with Gasteiger partial charge in [0.15, 0.2) is 5.17 Å². The number of rotatable bonds is 5. The van der Waals surface area contributed by atoms with Gasteiger partial charge in [-0.1, -0.05) is 55.4 Å². The monoisotopic (exact) mass is 262 g/mol. The number of benzene rings is 1. The Bertz CT molecular complexity index is 389. The van der Waals surface area contributed by atoms with Crippen LogP contribution in [0.3, 0.4) is 0 Å². The zero-order valence-corrected chi connectivity index (χ0v) is 12.0. The van der Waals surface area contributed by atoms with Crippen LogP contribution in [0.15, 0.2) is 35.3 Å². The number of amidine groups is 1. The average Bonchev–Trinajstić information content (AvgIpc) is 2.78. The Hall–Kier alpha value is -0.960. The molecule has 2 atom stereocenters. The molecule has 1 aliphatic rings. The van der Waals surface area contributed by atoms with Gasteiger partial charge in [-0.15, -0.1) is 0 Å². The molecule has 2 rings (SSSR count). The summed E-state index contributed by atoms with van der Waals surface area (Å²) in [6, 6.07) is 11.6. The fraction of sp³-hybridized carbons (Fsp3) is 0.533. The third-order valence-electron chi connectivity index (χ3n) is 3.12. The molecule has 3 heteroatoms. The lowest BCUT2D eigenvalue weighted by atomic mass is 10.1. The van der Waals surface area contributed by atoms with Crippen molar-refractivity contribution in [3.05, 3.63) is 35.9 Å². The Morgan fingerprint density at radius 1 is 1.39 bits per heavy atom. The molecule has 1 aliphatic heterocycles. The molecule has 0 aromatic heterocycles. The number of nitrogens with zero attached hydrogens (tertiary/aromatic N) is 1. The molecule has 0 amide bonds. The minimum Gasteiger partial charge on any atom is -0.362 e. The summed E-state index contributed by atoms with van der Waals surface area (Å²) in [4.78, 5) is 4.77. The van der Waals surface area contributed by atoms with Crippen LogP contribution in [0.4, 0.5) is 0 Å². The van der Waals surface area contributed by atoms with Crippen molar-refractivity contribution in [2.24, 2.45) is 4.99 Å². The first-order valence-corrected chi connectivity index (χ1v) is 7.77. The van der Waals surface area contributed by atoms with Gasteiger partial charge in [0.05, 0.1) is 6.04 Å². The van der Waals surface area contributed by atoms with E-state index < -0.39 is 0 Å². The predicted octanol–water partition coefficient (Wildman–Crippen LogP) is 3.48. The summed E-state index contributed by atoms with van der Waals surface area (Å²) in [5.41, 5.74) is 1.38. The normalized spacial score (nSPS) is 20.6. The van der Waals surface area contributed by atoms with E-state index in [1.165, 1.54) is 18.4 Å². The highest BCUT2D eigenvalue weighted by Crippen LogP contribution is 2.20. The van der Waals surface area contributed by atoms with Gasteiger partial charge in [0.1, 0.15) is 0 Å². The topological polar surface area (TPSA) is 24.4 Å². The Morgan fingerprint density at radius 3 is 2.89 bits per heavy atom. The summed E-state index contributed by atoms with van der Waals surface area (Å²) in [5, 5.41) is 4.64. The highest BCUT2D eigenvalue weighted by atomic mass is 32.2. The van der Waals surface area contributed by atoms with Crippen molar-refractivity contribution < 1.29 is 0 Å². The maximum absolute atomic E-state index is 4.77. The molecule has 1 heterocycles. The zero-order valence-electron chi connectivity index (χ0n) is 11.2. The number of aliphatic imine (C=N–C) groups is 1. The summed E-state index contributed by atoms with van der Waals surface area (Å²) in [6.45, 7) is 4.46. The molecular formula is C15H22N2S. The van der Waals surface area contributed by atoms with Gasteiger partial charge in [0.25, 0.3) is 0 Å². The molecule has 2 nitrogen and oxygen atoms in total. The maximum Gasteiger partial charge on any atom is 0.157 e. The number of hydrogen-bond donors (Lipinski definition) is 1. The molecule has 0 saturated carbocycles. The second-order valence-corrected chi connectivity index (χ2v) is 5.93. The van der Waals surface area contributed by atoms with Crippen LogP contribution in [-0.4, -0.2) is 23.0 Å². The second kappa shape index (κ2) is 6.83. The maximum atomic E-state index is 4.77. The molecular weight excluding hydrogens is 240 g/mol. The molecule has 0 fully saturated rings. The first kappa shape index (κ1) is 13.5. The van der Waals surface area contributed by atoms with Crippen molar-refractivity contribution in [3.63, 3.8) is 0 Å². The van der Waals surface area contributed by atoms with Crippen LogP contribution in [0.5, 0.6) is 0 Å². The highest BCUT2D eigenvalue weighted by molar-refractivity contribution is 8.14. The minimum absolute atomic E-state index is 0.439. The third kappa shape index (κ3) is 4.05. The van der Waals surface area contributed by atoms with Crippen molar-refractivity contribution in [2.75, 3.05) is 5.75 Å². The van der Waals surface area contributed by atoms with Crippen molar-refractivity contribution in [3.8, 4) is 0 Å². The first-order chi connectivity index (χ1) is 8.78. The highest BCUT2D eigenvalue weighted by Gasteiger charge is 2.19. The smallest absolute Gasteiger partial charge is 0.157 e. The lowest BCUT2D eigenvalue weighted by Gasteiger charge is -2.12. The van der Waals surface area contributed by atoms with E-state index in [-0.39, 0.29) is 0 Å². The molecule has 98 valence electrons. The van der Waals surface area contributed by atoms with Crippen molar-refractivity contribution in [1.29, 1.82) is 0 Å². The van der Waals surface area contributed by atoms with E-state index in [9.17, 15) is 0 Å². The van der Waals surface area contributed by atoms with E-state index >= 15 is 0 Å². The third-order valence-corrected chi connectivity index (χ3v) is 4.17. The summed E-state index contributed by atoms with van der Waals surface area (Å²) in [6.07, 6.45) is 3.49. The van der Waals surface area contributed by atoms with Gasteiger partial charge in [0.2, 0.25) is 0 Å². The predicted molar refractivity (Wildman–Crippen MR) is 81.3 cm³/mol. The molecule has 1 aromatic rings. The van der Waals surface area contributed by atoms with E-state index in [0.29, 0.717) is 12.1 Å². The van der Waals surface area contributed by atoms with E-state index in [4.69, 9.17) is 4.99 Å². The van der Waals surface area contributed by atoms with Crippen LogP contribution < -0.4 is 5.32 Å². The molecule has 0 saturated heterocycles. The lowest BCUT2D eigenvalue weighted by Crippen LogP contribution is -2.29. The van der Waals surface area contributed by atoms with Gasteiger partial charge in [-0.05, 0) is 25.3 Å². The molecule has 0 aliphatic carbocycles. The van der Waals surface area contributed by atoms with Crippen LogP contribution in [0.25, 0.3) is 0 Å². The van der Waals surface area contributed by atoms with Gasteiger partial charge in [-0.2, -0.15) is 0 Å². The number of thioether (sulfide) groups is 1. The number of hydrogen-bond acceptors (Lipinski definition) is 3. The van der Waals surface area contributed by atoms with Crippen molar-refractivity contribution in [1.82, 2.24) is 5.32 Å². The Labute approximate surface area is 114 Å². The van der Waals surface area contributed by atoms with Crippen LogP contribution in [-0.2, 0) is 6.42 Å². The van der Waals surface area contributed by atoms with Gasteiger partial charge >= 0.3 is 0 Å². The van der Waals surface area contributed by atoms with Gasteiger partial charge in [-0.3, -0.25) is 4.99 Å². The summed E-state index contributed by atoms with van der Waals surface area (Å²) < 4.78 is 0. The average molecular weight is 262 g/mol. The zero-order chi connectivity index (χ0) is 12.8. The largest absolute Gasteiger partial charge is 0.362 e. The van der Waals surface area contributed by atoms with E-state index in [1.54, 1.807) is 0 Å². The van der Waals surface area contributed by atoms with Crippen LogP contribution in [0.2, 0.25) is 0 Å². The van der Waals surface area contributed by atoms with Crippen LogP contribution >= 0.6 is 11.8 Å². The molecule has 0 spiro atoms. The Balaban J connectivity index is 1.84. The standard InChI is InChI=1S/C15H22N2S/c1-3-7-12(2)16-15-17-14(11-18-15)10-13-8-5-4-6-9-13/h4-6,8-9,12,14H,3,7,10-11H2,1-2H3,(H,16,17). The lowest BCUT2D eigenvalue weighted by molar-refractivity contribution is 0.598. The molecule has 0 radical (unpaired) electrons. The SMILES string of the molecule is CCCC(C)NC1=NC(Cc2ccccc2)CS1. The van der Waals surface area contributed by atoms with Gasteiger partial charge in [0, 0.05) is 11.8 Å². The first-order valence-electron chi connectivity index (χ1n) is 6.79. The van der Waals surface area contributed by atoms with Crippen LogP contribution in [0, 0.1) is 0 Å². The summed E-state index contributed by atoms with van der Waals surface area (Å²) >= 11 is 1.86. The number of nitrogens with one attached hydrogen (secondary N) is 1. The fourth-order valence-electron chi connectivity index (χ4n) is 2.20. The molecule has 1 N–H and O–H groups in total. The Kier molecular flexibility index (Phi) is 5.12. The minimum atomic E-state index is 0.439.